The molecule has 0 aromatic heterocycles. The lowest BCUT2D eigenvalue weighted by atomic mass is 10.2. The van der Waals surface area contributed by atoms with Crippen molar-refractivity contribution in [3.05, 3.63) is 120 Å². The van der Waals surface area contributed by atoms with Gasteiger partial charge in [0.2, 0.25) is 15.9 Å². The molecule has 4 aromatic rings. The van der Waals surface area contributed by atoms with Crippen LogP contribution in [0.25, 0.3) is 0 Å². The summed E-state index contributed by atoms with van der Waals surface area (Å²) in [5.41, 5.74) is 2.42. The quantitative estimate of drug-likeness (QED) is 0.292. The number of carbonyl (C=O) groups excluding carboxylic acids is 1. The molecular formula is C29H27FN2O4S. The number of nitrogens with zero attached hydrogens (tertiary/aromatic N) is 1. The molecule has 190 valence electrons. The molecule has 0 radical (unpaired) electrons. The summed E-state index contributed by atoms with van der Waals surface area (Å²) in [6.45, 7) is 3.00. The summed E-state index contributed by atoms with van der Waals surface area (Å²) in [6.07, 6.45) is 0. The van der Waals surface area contributed by atoms with Gasteiger partial charge in [0.05, 0.1) is 11.4 Å². The minimum absolute atomic E-state index is 0.0900. The first-order chi connectivity index (χ1) is 17.7. The number of para-hydroxylation sites is 1. The zero-order valence-electron chi connectivity index (χ0n) is 20.5. The average molecular weight is 519 g/mol. The lowest BCUT2D eigenvalue weighted by Gasteiger charge is -2.23. The van der Waals surface area contributed by atoms with Crippen LogP contribution in [0, 0.1) is 19.7 Å². The number of carbonyl (C=O) groups is 1. The number of aryl methyl sites for hydroxylation is 2. The Bertz CT molecular complexity index is 1470. The van der Waals surface area contributed by atoms with Gasteiger partial charge < -0.3 is 10.1 Å². The number of benzene rings is 4. The van der Waals surface area contributed by atoms with Crippen molar-refractivity contribution in [3.8, 4) is 11.5 Å². The van der Waals surface area contributed by atoms with E-state index >= 15 is 0 Å². The lowest BCUT2D eigenvalue weighted by Crippen LogP contribution is -2.38. The van der Waals surface area contributed by atoms with Gasteiger partial charge in [0, 0.05) is 12.2 Å². The fourth-order valence-corrected chi connectivity index (χ4v) is 5.43. The van der Waals surface area contributed by atoms with Gasteiger partial charge in [0.1, 0.15) is 17.3 Å². The van der Waals surface area contributed by atoms with Crippen LogP contribution >= 0.6 is 0 Å². The van der Waals surface area contributed by atoms with Crippen molar-refractivity contribution in [2.24, 2.45) is 0 Å². The summed E-state index contributed by atoms with van der Waals surface area (Å²) in [4.78, 5) is 13.1. The van der Waals surface area contributed by atoms with Crippen molar-refractivity contribution in [2.45, 2.75) is 25.3 Å². The van der Waals surface area contributed by atoms with E-state index in [0.29, 0.717) is 28.3 Å². The van der Waals surface area contributed by atoms with E-state index in [9.17, 15) is 17.6 Å². The van der Waals surface area contributed by atoms with E-state index in [2.05, 4.69) is 5.32 Å². The maximum absolute atomic E-state index is 13.6. The molecular weight excluding hydrogens is 491 g/mol. The first-order valence-electron chi connectivity index (χ1n) is 11.7. The fraction of sp³-hybridized carbons (Fsp3) is 0.138. The summed E-state index contributed by atoms with van der Waals surface area (Å²) in [5, 5.41) is 2.75. The van der Waals surface area contributed by atoms with Gasteiger partial charge in [-0.05, 0) is 85.1 Å². The van der Waals surface area contributed by atoms with E-state index in [1.165, 1.54) is 24.3 Å². The van der Waals surface area contributed by atoms with Gasteiger partial charge in [-0.3, -0.25) is 4.79 Å². The Hall–Kier alpha value is -4.01. The van der Waals surface area contributed by atoms with Gasteiger partial charge in [-0.2, -0.15) is 4.31 Å². The average Bonchev–Trinajstić information content (AvgIpc) is 2.88. The third-order valence-corrected chi connectivity index (χ3v) is 7.60. The van der Waals surface area contributed by atoms with Crippen molar-refractivity contribution in [3.63, 3.8) is 0 Å². The molecule has 4 rings (SSSR count). The number of sulfonamides is 1. The smallest absolute Gasteiger partial charge is 0.244 e. The van der Waals surface area contributed by atoms with Crippen molar-refractivity contribution in [1.29, 1.82) is 0 Å². The highest BCUT2D eigenvalue weighted by Gasteiger charge is 2.28. The largest absolute Gasteiger partial charge is 0.457 e. The second kappa shape index (κ2) is 11.4. The Kier molecular flexibility index (Phi) is 8.01. The van der Waals surface area contributed by atoms with Crippen molar-refractivity contribution < 1.29 is 22.3 Å². The molecule has 0 saturated heterocycles. The minimum atomic E-state index is -4.03. The molecule has 1 N–H and O–H groups in total. The molecule has 0 fully saturated rings. The monoisotopic (exact) mass is 518 g/mol. The van der Waals surface area contributed by atoms with Crippen molar-refractivity contribution in [1.82, 2.24) is 4.31 Å². The highest BCUT2D eigenvalue weighted by atomic mass is 32.2. The number of hydrogen-bond acceptors (Lipinski definition) is 4. The molecule has 0 aliphatic rings. The molecule has 0 unspecified atom stereocenters. The van der Waals surface area contributed by atoms with Gasteiger partial charge in [-0.1, -0.05) is 42.5 Å². The number of hydrogen-bond donors (Lipinski definition) is 1. The zero-order valence-corrected chi connectivity index (χ0v) is 21.3. The molecule has 0 aliphatic heterocycles. The molecule has 0 atom stereocenters. The highest BCUT2D eigenvalue weighted by molar-refractivity contribution is 7.89. The third kappa shape index (κ3) is 6.81. The summed E-state index contributed by atoms with van der Waals surface area (Å²) in [6, 6.07) is 26.8. The van der Waals surface area contributed by atoms with E-state index in [1.807, 2.05) is 36.4 Å². The Morgan fingerprint density at radius 2 is 1.51 bits per heavy atom. The Balaban J connectivity index is 1.52. The predicted octanol–water partition coefficient (Wildman–Crippen LogP) is 6.06. The van der Waals surface area contributed by atoms with E-state index in [0.717, 1.165) is 9.87 Å². The summed E-state index contributed by atoms with van der Waals surface area (Å²) in [7, 11) is -4.03. The second-order valence-electron chi connectivity index (χ2n) is 8.66. The fourth-order valence-electron chi connectivity index (χ4n) is 3.74. The number of ether oxygens (including phenoxy) is 1. The maximum Gasteiger partial charge on any atom is 0.244 e. The van der Waals surface area contributed by atoms with E-state index in [-0.39, 0.29) is 11.4 Å². The van der Waals surface area contributed by atoms with Crippen LogP contribution in [0.5, 0.6) is 11.5 Å². The van der Waals surface area contributed by atoms with E-state index in [1.54, 1.807) is 50.2 Å². The Morgan fingerprint density at radius 1 is 0.865 bits per heavy atom. The third-order valence-electron chi connectivity index (χ3n) is 5.67. The number of rotatable bonds is 9. The van der Waals surface area contributed by atoms with Crippen LogP contribution in [0.15, 0.2) is 102 Å². The van der Waals surface area contributed by atoms with E-state index < -0.39 is 28.3 Å². The SMILES string of the molecule is Cc1ccc(C)c(S(=O)(=O)N(CC(=O)Nc2ccc(Oc3ccccc3)cc2)Cc2ccc(F)cc2)c1. The van der Waals surface area contributed by atoms with Crippen LogP contribution in [0.3, 0.4) is 0 Å². The number of halogens is 1. The van der Waals surface area contributed by atoms with Gasteiger partial charge >= 0.3 is 0 Å². The first-order valence-corrected chi connectivity index (χ1v) is 13.1. The van der Waals surface area contributed by atoms with Crippen molar-refractivity contribution >= 4 is 21.6 Å². The standard InChI is InChI=1S/C29H27FN2O4S/c1-21-8-9-22(2)28(18-21)37(34,35)32(19-23-10-12-24(30)13-11-23)20-29(33)31-25-14-16-27(17-15-25)36-26-6-4-3-5-7-26/h3-18H,19-20H2,1-2H3,(H,31,33). The molecule has 0 saturated carbocycles. The molecule has 37 heavy (non-hydrogen) atoms. The van der Waals surface area contributed by atoms with E-state index in [4.69, 9.17) is 4.74 Å². The number of amides is 1. The van der Waals surface area contributed by atoms with Gasteiger partial charge in [-0.25, -0.2) is 12.8 Å². The van der Waals surface area contributed by atoms with Gasteiger partial charge in [-0.15, -0.1) is 0 Å². The van der Waals surface area contributed by atoms with Crippen LogP contribution in [0.1, 0.15) is 16.7 Å². The molecule has 8 heteroatoms. The predicted molar refractivity (Wildman–Crippen MR) is 141 cm³/mol. The number of nitrogens with one attached hydrogen (secondary N) is 1. The molecule has 1 amide bonds. The van der Waals surface area contributed by atoms with Crippen LogP contribution in [-0.4, -0.2) is 25.2 Å². The molecule has 6 nitrogen and oxygen atoms in total. The maximum atomic E-state index is 13.6. The van der Waals surface area contributed by atoms with Crippen molar-refractivity contribution in [2.75, 3.05) is 11.9 Å². The normalized spacial score (nSPS) is 11.4. The minimum Gasteiger partial charge on any atom is -0.457 e. The summed E-state index contributed by atoms with van der Waals surface area (Å²) >= 11 is 0. The van der Waals surface area contributed by atoms with Gasteiger partial charge in [0.25, 0.3) is 0 Å². The molecule has 0 heterocycles. The van der Waals surface area contributed by atoms with Crippen LogP contribution < -0.4 is 10.1 Å². The van der Waals surface area contributed by atoms with Crippen LogP contribution in [0.2, 0.25) is 0 Å². The van der Waals surface area contributed by atoms with Gasteiger partial charge in [0.15, 0.2) is 0 Å². The lowest BCUT2D eigenvalue weighted by molar-refractivity contribution is -0.116. The zero-order chi connectivity index (χ0) is 26.4. The van der Waals surface area contributed by atoms with Crippen LogP contribution in [-0.2, 0) is 21.4 Å². The second-order valence-corrected chi connectivity index (χ2v) is 10.6. The first kappa shape index (κ1) is 26.1. The summed E-state index contributed by atoms with van der Waals surface area (Å²) in [5.74, 6) is 0.352. The molecule has 0 spiro atoms. The molecule has 0 aliphatic carbocycles. The molecule has 0 bridgehead atoms. The number of anilines is 1. The summed E-state index contributed by atoms with van der Waals surface area (Å²) < 4.78 is 47.6. The topological polar surface area (TPSA) is 75.7 Å². The Labute approximate surface area is 216 Å². The highest BCUT2D eigenvalue weighted by Crippen LogP contribution is 2.25. The Morgan fingerprint density at radius 3 is 2.19 bits per heavy atom. The molecule has 4 aromatic carbocycles. The van der Waals surface area contributed by atoms with Crippen LogP contribution in [0.4, 0.5) is 10.1 Å².